The van der Waals surface area contributed by atoms with Gasteiger partial charge in [0.2, 0.25) is 0 Å². The third kappa shape index (κ3) is 31.2. The van der Waals surface area contributed by atoms with Crippen LogP contribution in [0.2, 0.25) is 0 Å². The summed E-state index contributed by atoms with van der Waals surface area (Å²) in [6, 6.07) is 0. The second-order valence-electron chi connectivity index (χ2n) is 8.72. The van der Waals surface area contributed by atoms with Crippen LogP contribution in [0.15, 0.2) is 0 Å². The minimum atomic E-state index is 0. The Hall–Kier alpha value is 1.20. The monoisotopic (exact) mass is 555 g/mol. The molecule has 2 unspecified atom stereocenters. The maximum atomic E-state index is 3.84. The van der Waals surface area contributed by atoms with Gasteiger partial charge in [0, 0.05) is 19.8 Å². The van der Waals surface area contributed by atoms with Crippen LogP contribution in [-0.4, -0.2) is 70.1 Å². The quantitative estimate of drug-likeness (QED) is 0.139. The maximum absolute atomic E-state index is 3.84. The van der Waals surface area contributed by atoms with Crippen LogP contribution >= 0.6 is 0 Å². The Kier molecular flexibility index (Phi) is 43.6. The van der Waals surface area contributed by atoms with E-state index >= 15 is 0 Å². The van der Waals surface area contributed by atoms with E-state index in [4.69, 9.17) is 0 Å². The molecule has 9 heteroatoms. The zero-order valence-electron chi connectivity index (χ0n) is 21.4. The molecule has 1 heterocycles. The molecule has 1 rings (SSSR count). The zero-order valence-corrected chi connectivity index (χ0v) is 24.9. The van der Waals surface area contributed by atoms with Crippen molar-refractivity contribution in [1.29, 1.82) is 0 Å². The Bertz CT molecular complexity index is 302. The predicted molar refractivity (Wildman–Crippen MR) is 125 cm³/mol. The molecule has 0 aromatic heterocycles. The van der Waals surface area contributed by atoms with Crippen LogP contribution in [0, 0.1) is 6.92 Å². The van der Waals surface area contributed by atoms with Gasteiger partial charge in [-0.05, 0) is 41.0 Å². The molecule has 1 aliphatic rings. The number of halogens is 3. The van der Waals surface area contributed by atoms with E-state index < -0.39 is 0 Å². The van der Waals surface area contributed by atoms with Crippen LogP contribution in [0.4, 0.5) is 0 Å². The zero-order chi connectivity index (χ0) is 21.0. The Balaban J connectivity index is -0.000000139. The Morgan fingerprint density at radius 1 is 0.688 bits per heavy atom. The first-order valence-corrected chi connectivity index (χ1v) is 11.8. The van der Waals surface area contributed by atoms with Crippen molar-refractivity contribution in [2.45, 2.75) is 96.3 Å². The van der Waals surface area contributed by atoms with Gasteiger partial charge < -0.3 is 53.9 Å². The van der Waals surface area contributed by atoms with Crippen molar-refractivity contribution in [3.63, 3.8) is 0 Å². The molecular formula is C23H52Cl3CrN5. The van der Waals surface area contributed by atoms with Gasteiger partial charge in [0.25, 0.3) is 0 Å². The average molecular weight is 557 g/mol. The van der Waals surface area contributed by atoms with Crippen LogP contribution < -0.4 is 53.2 Å². The van der Waals surface area contributed by atoms with E-state index in [0.717, 1.165) is 39.0 Å². The first-order chi connectivity index (χ1) is 13.5. The first kappa shape index (κ1) is 43.3. The van der Waals surface area contributed by atoms with Crippen LogP contribution in [0.1, 0.15) is 84.0 Å². The number of nitrogens with one attached hydrogen (secondary N) is 3. The van der Waals surface area contributed by atoms with E-state index in [2.05, 4.69) is 67.8 Å². The van der Waals surface area contributed by atoms with Crippen molar-refractivity contribution in [2.75, 3.05) is 47.9 Å². The van der Waals surface area contributed by atoms with E-state index in [9.17, 15) is 0 Å². The summed E-state index contributed by atoms with van der Waals surface area (Å²) in [4.78, 5) is 4.44. The van der Waals surface area contributed by atoms with Gasteiger partial charge >= 0.3 is 17.4 Å². The smallest absolute Gasteiger partial charge is 1.00 e. The number of hydrogen-bond acceptors (Lipinski definition) is 5. The van der Waals surface area contributed by atoms with Gasteiger partial charge in [-0.25, -0.2) is 0 Å². The summed E-state index contributed by atoms with van der Waals surface area (Å²) in [6.45, 7) is 9.25. The Labute approximate surface area is 230 Å². The van der Waals surface area contributed by atoms with Crippen molar-refractivity contribution < 1.29 is 54.6 Å². The molecule has 0 saturated carbocycles. The minimum Gasteiger partial charge on any atom is -1.00 e. The molecule has 0 amide bonds. The van der Waals surface area contributed by atoms with Crippen molar-refractivity contribution in [3.8, 4) is 0 Å². The summed E-state index contributed by atoms with van der Waals surface area (Å²) < 4.78 is 0. The van der Waals surface area contributed by atoms with Crippen LogP contribution in [-0.2, 0) is 17.4 Å². The third-order valence-corrected chi connectivity index (χ3v) is 5.18. The Morgan fingerprint density at radius 3 is 1.41 bits per heavy atom. The number of hydrogen-bond donors (Lipinski definition) is 3. The van der Waals surface area contributed by atoms with E-state index in [1.54, 1.807) is 0 Å². The van der Waals surface area contributed by atoms with Crippen molar-refractivity contribution >= 4 is 0 Å². The van der Waals surface area contributed by atoms with E-state index in [0.29, 0.717) is 12.3 Å². The van der Waals surface area contributed by atoms with Crippen LogP contribution in [0.3, 0.4) is 0 Å². The third-order valence-electron chi connectivity index (χ3n) is 5.18. The van der Waals surface area contributed by atoms with Gasteiger partial charge in [-0.2, -0.15) is 6.42 Å². The van der Waals surface area contributed by atoms with E-state index in [1.165, 1.54) is 57.8 Å². The van der Waals surface area contributed by atoms with E-state index in [1.807, 2.05) is 0 Å². The van der Waals surface area contributed by atoms with Crippen molar-refractivity contribution in [1.82, 2.24) is 25.8 Å². The van der Waals surface area contributed by atoms with Gasteiger partial charge in [0.15, 0.2) is 0 Å². The first-order valence-electron chi connectivity index (χ1n) is 11.8. The Morgan fingerprint density at radius 2 is 1.06 bits per heavy atom. The molecule has 1 aliphatic heterocycles. The molecule has 1 fully saturated rings. The summed E-state index contributed by atoms with van der Waals surface area (Å²) in [7, 11) is 8.46. The normalized spacial score (nSPS) is 17.2. The molecule has 0 radical (unpaired) electrons. The molecule has 32 heavy (non-hydrogen) atoms. The molecule has 2 atom stereocenters. The maximum Gasteiger partial charge on any atom is 4.00 e. The number of unbranched alkanes of at least 4 members (excludes halogenated alkanes) is 9. The van der Waals surface area contributed by atoms with Crippen LogP contribution in [0.5, 0.6) is 0 Å². The molecule has 0 aliphatic carbocycles. The molecule has 0 spiro atoms. The molecule has 0 aromatic rings. The molecule has 196 valence electrons. The molecular weight excluding hydrogens is 505 g/mol. The second kappa shape index (κ2) is 32.2. The SMILES string of the molecule is CN(C)CCC1NCNC(CCN(C)C)N1.[CH2-]CCCCCCCCCCC.[Cl-].[Cl-].[Cl-].[Cr+4]. The summed E-state index contributed by atoms with van der Waals surface area (Å²) in [5.41, 5.74) is 0. The summed E-state index contributed by atoms with van der Waals surface area (Å²) in [5.74, 6) is 0. The predicted octanol–water partition coefficient (Wildman–Crippen LogP) is -4.97. The fraction of sp³-hybridized carbons (Fsp3) is 0.957. The van der Waals surface area contributed by atoms with Gasteiger partial charge in [0.05, 0.1) is 12.3 Å². The summed E-state index contributed by atoms with van der Waals surface area (Å²) in [5, 5.41) is 10.4. The van der Waals surface area contributed by atoms with Gasteiger partial charge in [-0.3, -0.25) is 16.0 Å². The molecule has 1 saturated heterocycles. The minimum absolute atomic E-state index is 0. The largest absolute Gasteiger partial charge is 4.00 e. The molecule has 0 bridgehead atoms. The average Bonchev–Trinajstić information content (AvgIpc) is 2.68. The number of rotatable bonds is 15. The van der Waals surface area contributed by atoms with Gasteiger partial charge in [0.1, 0.15) is 0 Å². The molecule has 0 aromatic carbocycles. The van der Waals surface area contributed by atoms with Gasteiger partial charge in [-0.15, -0.1) is 0 Å². The van der Waals surface area contributed by atoms with Crippen molar-refractivity contribution in [3.05, 3.63) is 6.92 Å². The molecule has 3 N–H and O–H groups in total. The topological polar surface area (TPSA) is 42.6 Å². The summed E-state index contributed by atoms with van der Waals surface area (Å²) in [6.07, 6.45) is 17.1. The van der Waals surface area contributed by atoms with Gasteiger partial charge in [-0.1, -0.05) is 64.7 Å². The van der Waals surface area contributed by atoms with E-state index in [-0.39, 0.29) is 54.6 Å². The second-order valence-corrected chi connectivity index (χ2v) is 8.72. The number of nitrogens with zero attached hydrogens (tertiary/aromatic N) is 2. The fourth-order valence-corrected chi connectivity index (χ4v) is 3.30. The molecule has 5 nitrogen and oxygen atoms in total. The van der Waals surface area contributed by atoms with Crippen molar-refractivity contribution in [2.24, 2.45) is 0 Å². The van der Waals surface area contributed by atoms with Crippen LogP contribution in [0.25, 0.3) is 0 Å². The fourth-order valence-electron chi connectivity index (χ4n) is 3.30. The summed E-state index contributed by atoms with van der Waals surface area (Å²) >= 11 is 0. The standard InChI is InChI=1S/C12H25.C11H27N5.3ClH.Cr/c1-3-5-7-9-11-12-10-8-6-4-2;1-15(2)7-5-10-12-9-13-11(14-10)6-8-16(3)4;;;;/h1,3-12H2,2H3;10-14H,5-9H2,1-4H3;3*1H;/q-1;;;;;+4/p-3.